The molecule has 0 aliphatic heterocycles. The molecule has 0 unspecified atom stereocenters. The van der Waals surface area contributed by atoms with Gasteiger partial charge < -0.3 is 26.1 Å². The molecule has 264 valence electrons. The molecule has 45 heavy (non-hydrogen) atoms. The topological polar surface area (TPSA) is 116 Å². The van der Waals surface area contributed by atoms with Gasteiger partial charge >= 0.3 is 0 Å². The van der Waals surface area contributed by atoms with Crippen molar-refractivity contribution in [1.29, 1.82) is 0 Å². The van der Waals surface area contributed by atoms with Gasteiger partial charge in [0.15, 0.2) is 0 Å². The van der Waals surface area contributed by atoms with Crippen LogP contribution in [0.25, 0.3) is 0 Å². The Morgan fingerprint density at radius 2 is 0.822 bits per heavy atom. The normalized spacial score (nSPS) is 7.53. The number of benzene rings is 2. The number of nitrogens with one attached hydrogen (secondary N) is 4. The lowest BCUT2D eigenvalue weighted by Gasteiger charge is -1.88. The van der Waals surface area contributed by atoms with Crippen LogP contribution in [-0.2, 0) is 19.2 Å². The molecule has 0 spiro atoms. The Balaban J connectivity index is -0.0000000735. The number of carbonyl (C=O) groups excluding carboxylic acids is 4. The van der Waals surface area contributed by atoms with E-state index in [0.29, 0.717) is 19.3 Å². The number of hydrogen-bond acceptors (Lipinski definition) is 5. The summed E-state index contributed by atoms with van der Waals surface area (Å²) in [7, 11) is 5.19. The SMILES string of the molecule is CC.CCC.CCC(=O)NC.CCC(=O)NC.CCC(C)=O.CCNC.CCNC(C)=O.Cc1ccccc1.c1ccccc1. The van der Waals surface area contributed by atoms with Crippen molar-refractivity contribution in [3.05, 3.63) is 72.3 Å². The van der Waals surface area contributed by atoms with Gasteiger partial charge in [0.1, 0.15) is 5.78 Å². The van der Waals surface area contributed by atoms with Crippen LogP contribution in [0, 0.1) is 6.92 Å². The third-order valence-electron chi connectivity index (χ3n) is 4.08. The van der Waals surface area contributed by atoms with Crippen LogP contribution in [0.1, 0.15) is 107 Å². The zero-order valence-corrected chi connectivity index (χ0v) is 31.7. The highest BCUT2D eigenvalue weighted by Gasteiger charge is 1.85. The molecule has 0 heterocycles. The highest BCUT2D eigenvalue weighted by atomic mass is 16.2. The number of hydrogen-bond donors (Lipinski definition) is 4. The van der Waals surface area contributed by atoms with E-state index in [-0.39, 0.29) is 23.5 Å². The van der Waals surface area contributed by atoms with Crippen LogP contribution in [0.3, 0.4) is 0 Å². The lowest BCUT2D eigenvalue weighted by molar-refractivity contribution is -0.121. The van der Waals surface area contributed by atoms with Crippen molar-refractivity contribution in [2.75, 3.05) is 34.2 Å². The fraction of sp³-hybridized carbons (Fsp3) is 0.568. The molecule has 3 amide bonds. The van der Waals surface area contributed by atoms with E-state index in [0.717, 1.165) is 13.1 Å². The number of aryl methyl sites for hydroxylation is 1. The molecule has 2 rings (SSSR count). The molecule has 0 fully saturated rings. The fourth-order valence-electron chi connectivity index (χ4n) is 1.52. The van der Waals surface area contributed by atoms with Gasteiger partial charge in [-0.2, -0.15) is 0 Å². The minimum atomic E-state index is 0.0394. The van der Waals surface area contributed by atoms with Crippen LogP contribution in [0.4, 0.5) is 0 Å². The van der Waals surface area contributed by atoms with Crippen molar-refractivity contribution in [3.8, 4) is 0 Å². The zero-order chi connectivity index (χ0) is 36.7. The van der Waals surface area contributed by atoms with E-state index in [4.69, 9.17) is 0 Å². The third-order valence-corrected chi connectivity index (χ3v) is 4.08. The van der Waals surface area contributed by atoms with Gasteiger partial charge in [-0.15, -0.1) is 0 Å². The summed E-state index contributed by atoms with van der Waals surface area (Å²) in [6, 6.07) is 22.3. The molecule has 2 aromatic rings. The standard InChI is InChI=1S/C7H8.C6H6.3C4H9NO.C4H8O.C3H9N.C3H8.C2H6/c1-7-5-3-2-4-6-7;1-2-4-6-5-3-1;2*1-3-4(6)5-2;1-3-5-4(2)6;1-3-4(2)5;1-3-4-2;1-3-2;1-2/h2-6H,1H3;1-6H;3*3H2,1-2H3,(H,5,6);3H2,1-2H3;4H,3H2,1-2H3;3H2,1-2H3;1-2H3. The molecular formula is C37H72N4O4. The van der Waals surface area contributed by atoms with E-state index in [1.54, 1.807) is 21.0 Å². The van der Waals surface area contributed by atoms with Crippen LogP contribution >= 0.6 is 0 Å². The Labute approximate surface area is 279 Å². The molecule has 0 aromatic heterocycles. The fourth-order valence-corrected chi connectivity index (χ4v) is 1.52. The van der Waals surface area contributed by atoms with Gasteiger partial charge in [-0.25, -0.2) is 0 Å². The second kappa shape index (κ2) is 59.8. The molecule has 4 N–H and O–H groups in total. The molecule has 0 bridgehead atoms. The summed E-state index contributed by atoms with van der Waals surface area (Å²) in [6.07, 6.45) is 3.08. The Kier molecular flexibility index (Phi) is 76.0. The summed E-state index contributed by atoms with van der Waals surface area (Å²) in [5.41, 5.74) is 1.32. The molecule has 0 aliphatic rings. The Hall–Kier alpha value is -3.52. The van der Waals surface area contributed by atoms with Gasteiger partial charge in [-0.05, 0) is 34.4 Å². The van der Waals surface area contributed by atoms with Crippen LogP contribution in [0.5, 0.6) is 0 Å². The van der Waals surface area contributed by atoms with Crippen molar-refractivity contribution >= 4 is 23.5 Å². The van der Waals surface area contributed by atoms with Crippen LogP contribution in [-0.4, -0.2) is 57.7 Å². The molecule has 0 saturated carbocycles. The van der Waals surface area contributed by atoms with E-state index in [2.05, 4.69) is 61.1 Å². The average Bonchev–Trinajstić information content (AvgIpc) is 3.07. The number of rotatable bonds is 5. The van der Waals surface area contributed by atoms with E-state index >= 15 is 0 Å². The number of amides is 3. The molecule has 2 aromatic carbocycles. The minimum absolute atomic E-state index is 0.0394. The molecule has 8 heteroatoms. The number of carbonyl (C=O) groups is 4. The van der Waals surface area contributed by atoms with Gasteiger partial charge in [0.2, 0.25) is 17.7 Å². The van der Waals surface area contributed by atoms with E-state index < -0.39 is 0 Å². The molecule has 0 aliphatic carbocycles. The predicted molar refractivity (Wildman–Crippen MR) is 199 cm³/mol. The molecule has 8 nitrogen and oxygen atoms in total. The van der Waals surface area contributed by atoms with Crippen LogP contribution < -0.4 is 21.3 Å². The largest absolute Gasteiger partial charge is 0.359 e. The van der Waals surface area contributed by atoms with Crippen molar-refractivity contribution < 1.29 is 19.2 Å². The first-order valence-corrected chi connectivity index (χ1v) is 16.2. The first-order valence-electron chi connectivity index (χ1n) is 16.2. The summed E-state index contributed by atoms with van der Waals surface area (Å²) >= 11 is 0. The maximum atomic E-state index is 10.1. The smallest absolute Gasteiger partial charge is 0.219 e. The molecule has 0 atom stereocenters. The van der Waals surface area contributed by atoms with Crippen molar-refractivity contribution in [3.63, 3.8) is 0 Å². The maximum Gasteiger partial charge on any atom is 0.219 e. The van der Waals surface area contributed by atoms with E-state index in [1.807, 2.05) is 103 Å². The Morgan fingerprint density at radius 3 is 0.889 bits per heavy atom. The number of Topliss-reactive ketones (excluding diaryl/α,β-unsaturated/α-hetero) is 1. The lowest BCUT2D eigenvalue weighted by atomic mass is 10.2. The number of ketones is 1. The molecule has 0 saturated heterocycles. The summed E-state index contributed by atoms with van der Waals surface area (Å²) in [5, 5.41) is 10.5. The highest BCUT2D eigenvalue weighted by molar-refractivity contribution is 5.75. The van der Waals surface area contributed by atoms with Gasteiger partial charge in [0.25, 0.3) is 0 Å². The quantitative estimate of drug-likeness (QED) is 0.268. The second-order valence-corrected chi connectivity index (χ2v) is 8.42. The summed E-state index contributed by atoms with van der Waals surface area (Å²) < 4.78 is 0. The van der Waals surface area contributed by atoms with E-state index in [1.165, 1.54) is 18.9 Å². The average molecular weight is 637 g/mol. The van der Waals surface area contributed by atoms with E-state index in [9.17, 15) is 19.2 Å². The Bertz CT molecular complexity index is 746. The summed E-state index contributed by atoms with van der Waals surface area (Å²) in [6.45, 7) is 24.7. The van der Waals surface area contributed by atoms with Crippen molar-refractivity contribution in [1.82, 2.24) is 21.3 Å². The van der Waals surface area contributed by atoms with Crippen LogP contribution in [0.2, 0.25) is 0 Å². The third kappa shape index (κ3) is 100. The summed E-state index contributed by atoms with van der Waals surface area (Å²) in [4.78, 5) is 39.9. The van der Waals surface area contributed by atoms with Gasteiger partial charge in [0, 0.05) is 46.8 Å². The first-order chi connectivity index (χ1) is 21.4. The highest BCUT2D eigenvalue weighted by Crippen LogP contribution is 1.92. The predicted octanol–water partition coefficient (Wildman–Crippen LogP) is 7.76. The summed E-state index contributed by atoms with van der Waals surface area (Å²) in [5.74, 6) is 0.479. The molecular weight excluding hydrogens is 564 g/mol. The first kappa shape index (κ1) is 57.2. The second-order valence-electron chi connectivity index (χ2n) is 8.42. The van der Waals surface area contributed by atoms with Gasteiger partial charge in [-0.3, -0.25) is 14.4 Å². The minimum Gasteiger partial charge on any atom is -0.359 e. The van der Waals surface area contributed by atoms with Gasteiger partial charge in [-0.1, -0.05) is 134 Å². The maximum absolute atomic E-state index is 10.1. The Morgan fingerprint density at radius 1 is 0.556 bits per heavy atom. The molecule has 0 radical (unpaired) electrons. The lowest BCUT2D eigenvalue weighted by Crippen LogP contribution is -2.18. The van der Waals surface area contributed by atoms with Crippen LogP contribution in [0.15, 0.2) is 66.7 Å². The monoisotopic (exact) mass is 637 g/mol. The van der Waals surface area contributed by atoms with Crippen molar-refractivity contribution in [2.24, 2.45) is 0 Å². The van der Waals surface area contributed by atoms with Crippen molar-refractivity contribution in [2.45, 2.75) is 109 Å². The zero-order valence-electron chi connectivity index (χ0n) is 31.7. The van der Waals surface area contributed by atoms with Gasteiger partial charge in [0.05, 0.1) is 0 Å².